The maximum atomic E-state index is 11.4. The number of imide groups is 1. The molecule has 2 amide bonds. The molecule has 1 fully saturated rings. The van der Waals surface area contributed by atoms with E-state index in [0.717, 1.165) is 11.8 Å². The van der Waals surface area contributed by atoms with Crippen LogP contribution in [0.25, 0.3) is 6.08 Å². The van der Waals surface area contributed by atoms with Crippen molar-refractivity contribution in [1.29, 1.82) is 0 Å². The van der Waals surface area contributed by atoms with E-state index < -0.39 is 5.91 Å². The quantitative estimate of drug-likeness (QED) is 0.695. The van der Waals surface area contributed by atoms with Crippen LogP contribution in [0.15, 0.2) is 17.2 Å². The first kappa shape index (κ1) is 14.5. The summed E-state index contributed by atoms with van der Waals surface area (Å²) in [6, 6.07) is 1.68. The first-order chi connectivity index (χ1) is 9.58. The predicted octanol–water partition coefficient (Wildman–Crippen LogP) is 0.983. The summed E-state index contributed by atoms with van der Waals surface area (Å²) in [5.41, 5.74) is 0.533. The fraction of sp³-hybridized carbons (Fsp3) is 0.333. The average Bonchev–Trinajstić information content (AvgIpc) is 2.68. The summed E-state index contributed by atoms with van der Waals surface area (Å²) in [4.78, 5) is 31.1. The normalized spacial score (nSPS) is 18.2. The van der Waals surface area contributed by atoms with Gasteiger partial charge in [-0.3, -0.25) is 14.9 Å². The van der Waals surface area contributed by atoms with Crippen LogP contribution in [-0.4, -0.2) is 38.9 Å². The summed E-state index contributed by atoms with van der Waals surface area (Å²) in [6.07, 6.45) is 3.68. The highest BCUT2D eigenvalue weighted by Gasteiger charge is 2.25. The van der Waals surface area contributed by atoms with Crippen molar-refractivity contribution in [1.82, 2.24) is 15.3 Å². The van der Waals surface area contributed by atoms with Crippen molar-refractivity contribution in [2.75, 3.05) is 11.9 Å². The lowest BCUT2D eigenvalue weighted by atomic mass is 10.2. The lowest BCUT2D eigenvalue weighted by molar-refractivity contribution is -0.115. The van der Waals surface area contributed by atoms with Gasteiger partial charge in [0.05, 0.1) is 10.6 Å². The SMILES string of the molecule is C[C@@H](CCO)Nc1nccc(/C=C2\SC(=O)NC2=O)n1. The van der Waals surface area contributed by atoms with E-state index >= 15 is 0 Å². The van der Waals surface area contributed by atoms with Gasteiger partial charge in [-0.2, -0.15) is 0 Å². The molecule has 1 saturated heterocycles. The minimum Gasteiger partial charge on any atom is -0.396 e. The zero-order chi connectivity index (χ0) is 14.5. The van der Waals surface area contributed by atoms with Crippen molar-refractivity contribution in [2.45, 2.75) is 19.4 Å². The van der Waals surface area contributed by atoms with Gasteiger partial charge in [0.1, 0.15) is 0 Å². The number of aliphatic hydroxyl groups excluding tert-OH is 1. The Morgan fingerprint density at radius 2 is 2.35 bits per heavy atom. The molecular weight excluding hydrogens is 280 g/mol. The average molecular weight is 294 g/mol. The molecule has 0 saturated carbocycles. The van der Waals surface area contributed by atoms with Gasteiger partial charge in [0.15, 0.2) is 0 Å². The molecule has 1 atom stereocenters. The Balaban J connectivity index is 2.12. The van der Waals surface area contributed by atoms with Crippen molar-refractivity contribution >= 4 is 34.9 Å². The van der Waals surface area contributed by atoms with Gasteiger partial charge in [-0.25, -0.2) is 9.97 Å². The number of anilines is 1. The number of hydrogen-bond donors (Lipinski definition) is 3. The molecule has 0 radical (unpaired) electrons. The van der Waals surface area contributed by atoms with E-state index in [2.05, 4.69) is 20.6 Å². The van der Waals surface area contributed by atoms with Crippen molar-refractivity contribution < 1.29 is 14.7 Å². The lowest BCUT2D eigenvalue weighted by Gasteiger charge is -2.12. The molecule has 8 heteroatoms. The van der Waals surface area contributed by atoms with E-state index in [1.54, 1.807) is 12.3 Å². The first-order valence-corrected chi connectivity index (χ1v) is 6.85. The molecule has 0 spiro atoms. The zero-order valence-corrected chi connectivity index (χ0v) is 11.6. The number of amides is 2. The maximum absolute atomic E-state index is 11.4. The van der Waals surface area contributed by atoms with Crippen molar-refractivity contribution in [3.05, 3.63) is 22.9 Å². The number of carbonyl (C=O) groups excluding carboxylic acids is 2. The third-order valence-corrected chi connectivity index (χ3v) is 3.35. The number of rotatable bonds is 5. The molecule has 0 aromatic carbocycles. The second-order valence-electron chi connectivity index (χ2n) is 4.22. The summed E-state index contributed by atoms with van der Waals surface area (Å²) < 4.78 is 0. The molecule has 0 bridgehead atoms. The van der Waals surface area contributed by atoms with Gasteiger partial charge in [0.2, 0.25) is 5.95 Å². The van der Waals surface area contributed by atoms with E-state index in [0.29, 0.717) is 23.0 Å². The fourth-order valence-electron chi connectivity index (χ4n) is 1.56. The molecule has 1 aromatic heterocycles. The second kappa shape index (κ2) is 6.49. The van der Waals surface area contributed by atoms with Crippen LogP contribution in [0.3, 0.4) is 0 Å². The number of carbonyl (C=O) groups is 2. The monoisotopic (exact) mass is 294 g/mol. The van der Waals surface area contributed by atoms with E-state index in [1.807, 2.05) is 6.92 Å². The first-order valence-electron chi connectivity index (χ1n) is 6.04. The molecule has 1 aliphatic rings. The highest BCUT2D eigenvalue weighted by molar-refractivity contribution is 8.18. The smallest absolute Gasteiger partial charge is 0.290 e. The summed E-state index contributed by atoms with van der Waals surface area (Å²) in [5.74, 6) is -0.00296. The number of aromatic nitrogens is 2. The summed E-state index contributed by atoms with van der Waals surface area (Å²) in [7, 11) is 0. The Bertz CT molecular complexity index is 561. The van der Waals surface area contributed by atoms with Gasteiger partial charge in [-0.15, -0.1) is 0 Å². The summed E-state index contributed by atoms with van der Waals surface area (Å²) in [5, 5.41) is 13.7. The van der Waals surface area contributed by atoms with Crippen molar-refractivity contribution in [3.8, 4) is 0 Å². The van der Waals surface area contributed by atoms with Crippen LogP contribution < -0.4 is 10.6 Å². The molecule has 7 nitrogen and oxygen atoms in total. The van der Waals surface area contributed by atoms with E-state index in [4.69, 9.17) is 5.11 Å². The molecular formula is C12H14N4O3S. The predicted molar refractivity (Wildman–Crippen MR) is 75.9 cm³/mol. The Kier molecular flexibility index (Phi) is 4.70. The highest BCUT2D eigenvalue weighted by Crippen LogP contribution is 2.25. The molecule has 2 rings (SSSR count). The van der Waals surface area contributed by atoms with Crippen LogP contribution in [0, 0.1) is 0 Å². The van der Waals surface area contributed by atoms with Gasteiger partial charge in [0.25, 0.3) is 11.1 Å². The number of hydrogen-bond acceptors (Lipinski definition) is 7. The molecule has 3 N–H and O–H groups in total. The number of aliphatic hydroxyl groups is 1. The zero-order valence-electron chi connectivity index (χ0n) is 10.8. The van der Waals surface area contributed by atoms with Gasteiger partial charge in [0, 0.05) is 18.8 Å². The van der Waals surface area contributed by atoms with Crippen LogP contribution >= 0.6 is 11.8 Å². The second-order valence-corrected chi connectivity index (χ2v) is 5.23. The number of thioether (sulfide) groups is 1. The van der Waals surface area contributed by atoms with Gasteiger partial charge >= 0.3 is 0 Å². The van der Waals surface area contributed by atoms with Gasteiger partial charge in [-0.1, -0.05) is 0 Å². The third-order valence-electron chi connectivity index (χ3n) is 2.54. The highest BCUT2D eigenvalue weighted by atomic mass is 32.2. The number of nitrogens with zero attached hydrogens (tertiary/aromatic N) is 2. The maximum Gasteiger partial charge on any atom is 0.290 e. The Morgan fingerprint density at radius 1 is 1.55 bits per heavy atom. The van der Waals surface area contributed by atoms with Crippen LogP contribution in [0.4, 0.5) is 10.7 Å². The summed E-state index contributed by atoms with van der Waals surface area (Å²) >= 11 is 0.844. The fourth-order valence-corrected chi connectivity index (χ4v) is 2.23. The summed E-state index contributed by atoms with van der Waals surface area (Å²) in [6.45, 7) is 1.99. The standard InChI is InChI=1S/C12H14N4O3S/c1-7(3-5-17)14-11-13-4-2-8(15-11)6-9-10(18)16-12(19)20-9/h2,4,6-7,17H,3,5H2,1H3,(H,13,14,15)(H,16,18,19)/b9-6-/t7-/m0/s1. The van der Waals surface area contributed by atoms with Gasteiger partial charge < -0.3 is 10.4 Å². The molecule has 20 heavy (non-hydrogen) atoms. The number of nitrogens with one attached hydrogen (secondary N) is 2. The molecule has 1 aromatic rings. The van der Waals surface area contributed by atoms with Crippen molar-refractivity contribution in [3.63, 3.8) is 0 Å². The molecule has 0 unspecified atom stereocenters. The van der Waals surface area contributed by atoms with Crippen LogP contribution in [0.1, 0.15) is 19.0 Å². The van der Waals surface area contributed by atoms with E-state index in [-0.39, 0.29) is 17.9 Å². The van der Waals surface area contributed by atoms with E-state index in [9.17, 15) is 9.59 Å². The Labute approximate surface area is 119 Å². The molecule has 106 valence electrons. The Hall–Kier alpha value is -1.93. The third kappa shape index (κ3) is 3.78. The van der Waals surface area contributed by atoms with Crippen molar-refractivity contribution in [2.24, 2.45) is 0 Å². The van der Waals surface area contributed by atoms with Crippen LogP contribution in [-0.2, 0) is 4.79 Å². The Morgan fingerprint density at radius 3 is 3.00 bits per heavy atom. The minimum atomic E-state index is -0.415. The molecule has 1 aliphatic heterocycles. The molecule has 2 heterocycles. The molecule has 0 aliphatic carbocycles. The largest absolute Gasteiger partial charge is 0.396 e. The lowest BCUT2D eigenvalue weighted by Crippen LogP contribution is -2.18. The topological polar surface area (TPSA) is 104 Å². The van der Waals surface area contributed by atoms with Gasteiger partial charge in [-0.05, 0) is 37.2 Å². The minimum absolute atomic E-state index is 0.0358. The van der Waals surface area contributed by atoms with Crippen LogP contribution in [0.5, 0.6) is 0 Å². The van der Waals surface area contributed by atoms with E-state index in [1.165, 1.54) is 6.08 Å². The van der Waals surface area contributed by atoms with Crippen LogP contribution in [0.2, 0.25) is 0 Å².